The molecule has 0 aliphatic carbocycles. The molecule has 1 atom stereocenters. The van der Waals surface area contributed by atoms with Crippen molar-refractivity contribution in [3.63, 3.8) is 0 Å². The second-order valence-electron chi connectivity index (χ2n) is 5.30. The number of carbonyl (C=O) groups excluding carboxylic acids is 3. The Kier molecular flexibility index (Phi) is 3.09. The zero-order valence-electron chi connectivity index (χ0n) is 11.4. The summed E-state index contributed by atoms with van der Waals surface area (Å²) in [6, 6.07) is 4.25. The zero-order chi connectivity index (χ0) is 15.9. The number of carboxylic acids is 1. The number of benzene rings is 1. The van der Waals surface area contributed by atoms with Crippen LogP contribution >= 0.6 is 0 Å². The van der Waals surface area contributed by atoms with E-state index >= 15 is 0 Å². The van der Waals surface area contributed by atoms with Crippen LogP contribution in [0.25, 0.3) is 0 Å². The van der Waals surface area contributed by atoms with Gasteiger partial charge in [0.2, 0.25) is 5.91 Å². The molecule has 1 saturated heterocycles. The highest BCUT2D eigenvalue weighted by molar-refractivity contribution is 6.08. The third-order valence-corrected chi connectivity index (χ3v) is 3.88. The monoisotopic (exact) mass is 303 g/mol. The van der Waals surface area contributed by atoms with Crippen molar-refractivity contribution in [2.45, 2.75) is 24.8 Å². The van der Waals surface area contributed by atoms with Gasteiger partial charge in [0.05, 0.1) is 6.42 Å². The standard InChI is InChI=1S/C14H13N3O5/c18-10-6-7-5-8(1-2-9(7)15-10)14(4-3-11(19)20)12(21)16-13(22)17-14/h1-2,5H,3-4,6H2,(H,15,18)(H,19,20)(H2,16,17,21,22)/t14-/m1/s1. The summed E-state index contributed by atoms with van der Waals surface area (Å²) >= 11 is 0. The van der Waals surface area contributed by atoms with E-state index in [1.54, 1.807) is 18.2 Å². The second kappa shape index (κ2) is 4.83. The molecule has 8 heteroatoms. The number of amides is 4. The van der Waals surface area contributed by atoms with Crippen LogP contribution in [0, 0.1) is 0 Å². The molecular weight excluding hydrogens is 290 g/mol. The van der Waals surface area contributed by atoms with Crippen molar-refractivity contribution in [2.24, 2.45) is 0 Å². The predicted molar refractivity (Wildman–Crippen MR) is 74.0 cm³/mol. The minimum atomic E-state index is -1.42. The molecule has 4 amide bonds. The Morgan fingerprint density at radius 2 is 2.00 bits per heavy atom. The fraction of sp³-hybridized carbons (Fsp3) is 0.286. The first-order chi connectivity index (χ1) is 10.4. The summed E-state index contributed by atoms with van der Waals surface area (Å²) in [5.41, 5.74) is 0.418. The van der Waals surface area contributed by atoms with Crippen molar-refractivity contribution in [1.82, 2.24) is 10.6 Å². The molecule has 0 bridgehead atoms. The number of carbonyl (C=O) groups is 4. The average Bonchev–Trinajstić information content (AvgIpc) is 2.94. The number of imide groups is 1. The number of carboxylic acid groups (broad SMARTS) is 1. The topological polar surface area (TPSA) is 125 Å². The molecule has 0 spiro atoms. The van der Waals surface area contributed by atoms with Gasteiger partial charge in [-0.3, -0.25) is 19.7 Å². The Hall–Kier alpha value is -2.90. The maximum Gasteiger partial charge on any atom is 0.322 e. The Balaban J connectivity index is 2.01. The van der Waals surface area contributed by atoms with Crippen LogP contribution < -0.4 is 16.0 Å². The SMILES string of the molecule is O=C(O)CC[C@]1(c2ccc3c(c2)CC(=O)N3)NC(=O)NC1=O. The fourth-order valence-corrected chi connectivity index (χ4v) is 2.80. The van der Waals surface area contributed by atoms with Crippen LogP contribution in [0.2, 0.25) is 0 Å². The van der Waals surface area contributed by atoms with Crippen LogP contribution in [0.4, 0.5) is 10.5 Å². The minimum absolute atomic E-state index is 0.0694. The minimum Gasteiger partial charge on any atom is -0.481 e. The number of rotatable bonds is 4. The molecule has 0 aromatic heterocycles. The molecule has 1 aromatic rings. The highest BCUT2D eigenvalue weighted by atomic mass is 16.4. The summed E-state index contributed by atoms with van der Waals surface area (Å²) in [4.78, 5) is 46.0. The molecule has 2 aliphatic heterocycles. The third-order valence-electron chi connectivity index (χ3n) is 3.88. The number of fused-ring (bicyclic) bond motifs is 1. The van der Waals surface area contributed by atoms with Crippen LogP contribution in [0.15, 0.2) is 18.2 Å². The maximum atomic E-state index is 12.2. The van der Waals surface area contributed by atoms with Gasteiger partial charge < -0.3 is 15.7 Å². The van der Waals surface area contributed by atoms with Crippen LogP contribution in [0.5, 0.6) is 0 Å². The Morgan fingerprint density at radius 1 is 1.23 bits per heavy atom. The number of nitrogens with one attached hydrogen (secondary N) is 3. The highest BCUT2D eigenvalue weighted by Gasteiger charge is 2.48. The Bertz CT molecular complexity index is 714. The van der Waals surface area contributed by atoms with E-state index in [9.17, 15) is 19.2 Å². The van der Waals surface area contributed by atoms with Crippen LogP contribution in [-0.4, -0.2) is 28.9 Å². The van der Waals surface area contributed by atoms with Gasteiger partial charge in [-0.1, -0.05) is 12.1 Å². The average molecular weight is 303 g/mol. The van der Waals surface area contributed by atoms with E-state index in [-0.39, 0.29) is 25.2 Å². The van der Waals surface area contributed by atoms with Crippen molar-refractivity contribution < 1.29 is 24.3 Å². The van der Waals surface area contributed by atoms with Gasteiger partial charge in [-0.15, -0.1) is 0 Å². The van der Waals surface area contributed by atoms with Gasteiger partial charge in [0, 0.05) is 12.1 Å². The molecule has 114 valence electrons. The van der Waals surface area contributed by atoms with Gasteiger partial charge in [-0.05, 0) is 23.6 Å². The summed E-state index contributed by atoms with van der Waals surface area (Å²) in [7, 11) is 0. The lowest BCUT2D eigenvalue weighted by atomic mass is 9.84. The second-order valence-corrected chi connectivity index (χ2v) is 5.30. The van der Waals surface area contributed by atoms with E-state index in [2.05, 4.69) is 16.0 Å². The molecule has 2 heterocycles. The van der Waals surface area contributed by atoms with Crippen molar-refractivity contribution in [2.75, 3.05) is 5.32 Å². The number of anilines is 1. The van der Waals surface area contributed by atoms with Gasteiger partial charge in [-0.2, -0.15) is 0 Å². The fourth-order valence-electron chi connectivity index (χ4n) is 2.80. The quantitative estimate of drug-likeness (QED) is 0.586. The third kappa shape index (κ3) is 2.18. The first-order valence-electron chi connectivity index (χ1n) is 6.69. The highest BCUT2D eigenvalue weighted by Crippen LogP contribution is 2.34. The molecule has 1 fully saturated rings. The lowest BCUT2D eigenvalue weighted by molar-refractivity contribution is -0.137. The number of hydrogen-bond acceptors (Lipinski definition) is 4. The summed E-state index contributed by atoms with van der Waals surface area (Å²) < 4.78 is 0. The Labute approximate surface area is 124 Å². The van der Waals surface area contributed by atoms with E-state index in [1.807, 2.05) is 0 Å². The molecule has 0 unspecified atom stereocenters. The van der Waals surface area contributed by atoms with E-state index < -0.39 is 23.4 Å². The molecule has 4 N–H and O–H groups in total. The van der Waals surface area contributed by atoms with Crippen molar-refractivity contribution in [3.05, 3.63) is 29.3 Å². The summed E-state index contributed by atoms with van der Waals surface area (Å²) in [6.45, 7) is 0. The molecule has 2 aliphatic rings. The summed E-state index contributed by atoms with van der Waals surface area (Å²) in [6.07, 6.45) is -0.157. The van der Waals surface area contributed by atoms with E-state index in [1.165, 1.54) is 0 Å². The van der Waals surface area contributed by atoms with E-state index in [0.29, 0.717) is 16.8 Å². The van der Waals surface area contributed by atoms with Gasteiger partial charge in [-0.25, -0.2) is 4.79 Å². The molecule has 1 aromatic carbocycles. The molecular formula is C14H13N3O5. The molecule has 0 radical (unpaired) electrons. The van der Waals surface area contributed by atoms with E-state index in [0.717, 1.165) is 0 Å². The van der Waals surface area contributed by atoms with Crippen molar-refractivity contribution >= 4 is 29.5 Å². The van der Waals surface area contributed by atoms with Gasteiger partial charge >= 0.3 is 12.0 Å². The van der Waals surface area contributed by atoms with Crippen LogP contribution in [0.1, 0.15) is 24.0 Å². The number of hydrogen-bond donors (Lipinski definition) is 4. The summed E-state index contributed by atoms with van der Waals surface area (Å²) in [5.74, 6) is -1.80. The normalized spacial score (nSPS) is 22.8. The van der Waals surface area contributed by atoms with Crippen molar-refractivity contribution in [3.8, 4) is 0 Å². The lowest BCUT2D eigenvalue weighted by Gasteiger charge is -2.26. The van der Waals surface area contributed by atoms with Crippen LogP contribution in [-0.2, 0) is 26.3 Å². The smallest absolute Gasteiger partial charge is 0.322 e. The number of urea groups is 1. The Morgan fingerprint density at radius 3 is 2.64 bits per heavy atom. The first-order valence-corrected chi connectivity index (χ1v) is 6.69. The summed E-state index contributed by atoms with van der Waals surface area (Å²) in [5, 5.41) is 16.2. The van der Waals surface area contributed by atoms with Gasteiger partial charge in [0.15, 0.2) is 0 Å². The maximum absolute atomic E-state index is 12.2. The molecule has 8 nitrogen and oxygen atoms in total. The molecule has 3 rings (SSSR count). The van der Waals surface area contributed by atoms with Crippen molar-refractivity contribution in [1.29, 1.82) is 0 Å². The largest absolute Gasteiger partial charge is 0.481 e. The molecule has 22 heavy (non-hydrogen) atoms. The van der Waals surface area contributed by atoms with Gasteiger partial charge in [0.1, 0.15) is 5.54 Å². The zero-order valence-corrected chi connectivity index (χ0v) is 11.4. The molecule has 0 saturated carbocycles. The first kappa shape index (κ1) is 14.1. The predicted octanol–water partition coefficient (Wildman–Crippen LogP) is 0.0807. The van der Waals surface area contributed by atoms with E-state index in [4.69, 9.17) is 5.11 Å². The van der Waals surface area contributed by atoms with Gasteiger partial charge in [0.25, 0.3) is 5.91 Å². The number of aliphatic carboxylic acids is 1. The van der Waals surface area contributed by atoms with Crippen LogP contribution in [0.3, 0.4) is 0 Å². The lowest BCUT2D eigenvalue weighted by Crippen LogP contribution is -2.44.